The second kappa shape index (κ2) is 5.63. The molecule has 3 atom stereocenters. The van der Waals surface area contributed by atoms with Crippen LogP contribution in [-0.4, -0.2) is 38.0 Å². The summed E-state index contributed by atoms with van der Waals surface area (Å²) in [5.74, 6) is -0.674. The molecule has 24 heavy (non-hydrogen) atoms. The summed E-state index contributed by atoms with van der Waals surface area (Å²) in [4.78, 5) is 22.3. The summed E-state index contributed by atoms with van der Waals surface area (Å²) in [6.07, 6.45) is 6.89. The third-order valence-electron chi connectivity index (χ3n) is 5.19. The van der Waals surface area contributed by atoms with E-state index < -0.39 is 11.5 Å². The molecule has 2 aliphatic rings. The fourth-order valence-electron chi connectivity index (χ4n) is 4.15. The molecule has 0 radical (unpaired) electrons. The lowest BCUT2D eigenvalue weighted by Gasteiger charge is -2.44. The number of aliphatic hydroxyl groups is 1. The van der Waals surface area contributed by atoms with Crippen LogP contribution in [0.15, 0.2) is 42.9 Å². The highest BCUT2D eigenvalue weighted by Crippen LogP contribution is 2.46. The van der Waals surface area contributed by atoms with Crippen molar-refractivity contribution in [1.82, 2.24) is 14.9 Å². The van der Waals surface area contributed by atoms with Crippen molar-refractivity contribution in [3.8, 4) is 0 Å². The molecule has 1 amide bonds. The Hall–Kier alpha value is -2.34. The Bertz CT molecular complexity index is 754. The van der Waals surface area contributed by atoms with E-state index in [1.807, 2.05) is 4.90 Å². The molecule has 0 saturated carbocycles. The van der Waals surface area contributed by atoms with Gasteiger partial charge in [-0.15, -0.1) is 0 Å². The minimum Gasteiger partial charge on any atom is -0.385 e. The largest absolute Gasteiger partial charge is 0.385 e. The minimum atomic E-state index is -1.26. The summed E-state index contributed by atoms with van der Waals surface area (Å²) >= 11 is 0. The zero-order valence-electron chi connectivity index (χ0n) is 13.1. The molecule has 2 aromatic rings. The number of halogens is 1. The molecule has 0 spiro atoms. The SMILES string of the molecule is O=C(c1ccncc1)N1[C@@H]2CC[C@H]1CC(O)(c1cccnc1F)C2. The molecular formula is C18H18FN3O2. The smallest absolute Gasteiger partial charge is 0.254 e. The first-order chi connectivity index (χ1) is 11.6. The Balaban J connectivity index is 1.62. The quantitative estimate of drug-likeness (QED) is 0.859. The van der Waals surface area contributed by atoms with Gasteiger partial charge in [0, 0.05) is 54.6 Å². The molecule has 2 bridgehead atoms. The van der Waals surface area contributed by atoms with Gasteiger partial charge >= 0.3 is 0 Å². The predicted molar refractivity (Wildman–Crippen MR) is 84.5 cm³/mol. The van der Waals surface area contributed by atoms with Crippen LogP contribution in [0.5, 0.6) is 0 Å². The Morgan fingerprint density at radius 1 is 1.17 bits per heavy atom. The number of aromatic nitrogens is 2. The average molecular weight is 327 g/mol. The van der Waals surface area contributed by atoms with Crippen molar-refractivity contribution < 1.29 is 14.3 Å². The molecule has 0 aromatic carbocycles. The fraction of sp³-hybridized carbons (Fsp3) is 0.389. The molecule has 2 fully saturated rings. The van der Waals surface area contributed by atoms with Crippen LogP contribution in [0.3, 0.4) is 0 Å². The molecule has 1 unspecified atom stereocenters. The Morgan fingerprint density at radius 2 is 1.83 bits per heavy atom. The summed E-state index contributed by atoms with van der Waals surface area (Å²) in [6, 6.07) is 6.43. The third kappa shape index (κ3) is 2.38. The summed E-state index contributed by atoms with van der Waals surface area (Å²) in [5.41, 5.74) is -0.433. The van der Waals surface area contributed by atoms with E-state index in [0.717, 1.165) is 12.8 Å². The molecule has 2 saturated heterocycles. The first-order valence-electron chi connectivity index (χ1n) is 8.14. The van der Waals surface area contributed by atoms with Crippen LogP contribution in [0.4, 0.5) is 4.39 Å². The van der Waals surface area contributed by atoms with Gasteiger partial charge in [0.05, 0.1) is 5.60 Å². The number of carbonyl (C=O) groups is 1. The summed E-state index contributed by atoms with van der Waals surface area (Å²) < 4.78 is 14.1. The Kier molecular flexibility index (Phi) is 3.57. The molecule has 2 aliphatic heterocycles. The van der Waals surface area contributed by atoms with Gasteiger partial charge in [-0.3, -0.25) is 9.78 Å². The van der Waals surface area contributed by atoms with Crippen molar-refractivity contribution in [2.45, 2.75) is 43.4 Å². The summed E-state index contributed by atoms with van der Waals surface area (Å²) in [6.45, 7) is 0. The van der Waals surface area contributed by atoms with Crippen molar-refractivity contribution >= 4 is 5.91 Å². The van der Waals surface area contributed by atoms with E-state index in [1.54, 1.807) is 36.7 Å². The number of hydrogen-bond donors (Lipinski definition) is 1. The second-order valence-electron chi connectivity index (χ2n) is 6.61. The summed E-state index contributed by atoms with van der Waals surface area (Å²) in [5, 5.41) is 11.0. The van der Waals surface area contributed by atoms with Gasteiger partial charge in [0.1, 0.15) is 0 Å². The van der Waals surface area contributed by atoms with Gasteiger partial charge in [-0.25, -0.2) is 4.98 Å². The molecule has 5 nitrogen and oxygen atoms in total. The van der Waals surface area contributed by atoms with Crippen molar-refractivity contribution in [2.24, 2.45) is 0 Å². The van der Waals surface area contributed by atoms with Gasteiger partial charge in [-0.2, -0.15) is 4.39 Å². The van der Waals surface area contributed by atoms with Crippen molar-refractivity contribution in [1.29, 1.82) is 0 Å². The monoisotopic (exact) mass is 327 g/mol. The maximum atomic E-state index is 14.1. The van der Waals surface area contributed by atoms with E-state index >= 15 is 0 Å². The van der Waals surface area contributed by atoms with E-state index in [1.165, 1.54) is 6.20 Å². The van der Waals surface area contributed by atoms with Crippen molar-refractivity contribution in [3.63, 3.8) is 0 Å². The second-order valence-corrected chi connectivity index (χ2v) is 6.61. The van der Waals surface area contributed by atoms with E-state index in [9.17, 15) is 14.3 Å². The maximum Gasteiger partial charge on any atom is 0.254 e. The lowest BCUT2D eigenvalue weighted by molar-refractivity contribution is -0.0504. The molecule has 6 heteroatoms. The van der Waals surface area contributed by atoms with Gasteiger partial charge in [0.25, 0.3) is 5.91 Å². The molecule has 0 aliphatic carbocycles. The Morgan fingerprint density at radius 3 is 2.46 bits per heavy atom. The number of nitrogens with zero attached hydrogens (tertiary/aromatic N) is 3. The lowest BCUT2D eigenvalue weighted by Crippen LogP contribution is -2.52. The van der Waals surface area contributed by atoms with Crippen LogP contribution in [0.2, 0.25) is 0 Å². The van der Waals surface area contributed by atoms with Gasteiger partial charge in [-0.05, 0) is 31.0 Å². The molecule has 1 N–H and O–H groups in total. The minimum absolute atomic E-state index is 0.0430. The van der Waals surface area contributed by atoms with E-state index in [4.69, 9.17) is 0 Å². The third-order valence-corrected chi connectivity index (χ3v) is 5.19. The number of carbonyl (C=O) groups excluding carboxylic acids is 1. The highest BCUT2D eigenvalue weighted by atomic mass is 19.1. The fourth-order valence-corrected chi connectivity index (χ4v) is 4.15. The number of piperidine rings is 1. The molecule has 124 valence electrons. The van der Waals surface area contributed by atoms with Gasteiger partial charge in [0.2, 0.25) is 5.95 Å². The zero-order valence-corrected chi connectivity index (χ0v) is 13.1. The van der Waals surface area contributed by atoms with Crippen LogP contribution in [0.1, 0.15) is 41.6 Å². The predicted octanol–water partition coefficient (Wildman–Crippen LogP) is 2.27. The number of fused-ring (bicyclic) bond motifs is 2. The van der Waals surface area contributed by atoms with Crippen LogP contribution >= 0.6 is 0 Å². The van der Waals surface area contributed by atoms with Crippen LogP contribution in [0, 0.1) is 5.95 Å². The number of pyridine rings is 2. The standard InChI is InChI=1S/C18H18FN3O2/c19-16-15(2-1-7-21-16)18(24)10-13-3-4-14(11-18)22(13)17(23)12-5-8-20-9-6-12/h1-2,5-9,13-14,24H,3-4,10-11H2/t13-,14+,18?. The molecule has 4 heterocycles. The van der Waals surface area contributed by atoms with Crippen LogP contribution < -0.4 is 0 Å². The zero-order chi connectivity index (χ0) is 16.7. The maximum absolute atomic E-state index is 14.1. The van der Waals surface area contributed by atoms with E-state index in [2.05, 4.69) is 9.97 Å². The highest BCUT2D eigenvalue weighted by molar-refractivity contribution is 5.94. The van der Waals surface area contributed by atoms with Crippen LogP contribution in [-0.2, 0) is 5.60 Å². The topological polar surface area (TPSA) is 66.3 Å². The molecule has 2 aromatic heterocycles. The van der Waals surface area contributed by atoms with E-state index in [0.29, 0.717) is 18.4 Å². The first-order valence-corrected chi connectivity index (χ1v) is 8.14. The van der Waals surface area contributed by atoms with Crippen molar-refractivity contribution in [3.05, 3.63) is 59.9 Å². The first kappa shape index (κ1) is 15.2. The van der Waals surface area contributed by atoms with Gasteiger partial charge in [0.15, 0.2) is 0 Å². The van der Waals surface area contributed by atoms with Gasteiger partial charge in [-0.1, -0.05) is 6.07 Å². The average Bonchev–Trinajstić information content (AvgIpc) is 2.87. The van der Waals surface area contributed by atoms with Gasteiger partial charge < -0.3 is 10.0 Å². The highest BCUT2D eigenvalue weighted by Gasteiger charge is 2.51. The van der Waals surface area contributed by atoms with Crippen molar-refractivity contribution in [2.75, 3.05) is 0 Å². The number of amides is 1. The summed E-state index contributed by atoms with van der Waals surface area (Å²) in [7, 11) is 0. The van der Waals surface area contributed by atoms with E-state index in [-0.39, 0.29) is 23.6 Å². The number of hydrogen-bond acceptors (Lipinski definition) is 4. The van der Waals surface area contributed by atoms with Crippen LogP contribution in [0.25, 0.3) is 0 Å². The molecular weight excluding hydrogens is 309 g/mol. The number of rotatable bonds is 2. The normalized spacial score (nSPS) is 28.8. The Labute approximate surface area is 139 Å². The molecule has 4 rings (SSSR count). The lowest BCUT2D eigenvalue weighted by atomic mass is 9.80.